The summed E-state index contributed by atoms with van der Waals surface area (Å²) in [5.41, 5.74) is 2.87. The Morgan fingerprint density at radius 1 is 1.33 bits per heavy atom. The number of benzene rings is 1. The third kappa shape index (κ3) is 2.39. The highest BCUT2D eigenvalue weighted by Gasteiger charge is 2.03. The van der Waals surface area contributed by atoms with Crippen molar-refractivity contribution in [1.29, 1.82) is 0 Å². The Labute approximate surface area is 95.1 Å². The number of thiophene rings is 1. The van der Waals surface area contributed by atoms with Crippen molar-refractivity contribution < 1.29 is 0 Å². The summed E-state index contributed by atoms with van der Waals surface area (Å²) in [7, 11) is 2.01. The SMILES string of the molecule is CNCCCc1csc2ccc(C)cc12. The van der Waals surface area contributed by atoms with Gasteiger partial charge in [-0.05, 0) is 55.8 Å². The summed E-state index contributed by atoms with van der Waals surface area (Å²) in [6.45, 7) is 3.26. The predicted molar refractivity (Wildman–Crippen MR) is 68.8 cm³/mol. The van der Waals surface area contributed by atoms with Gasteiger partial charge in [0.15, 0.2) is 0 Å². The van der Waals surface area contributed by atoms with Gasteiger partial charge in [0.1, 0.15) is 0 Å². The minimum absolute atomic E-state index is 1.10. The molecule has 2 rings (SSSR count). The second-order valence-electron chi connectivity index (χ2n) is 3.97. The maximum atomic E-state index is 3.19. The van der Waals surface area contributed by atoms with Crippen LogP contribution in [0.3, 0.4) is 0 Å². The van der Waals surface area contributed by atoms with Crippen LogP contribution in [0.4, 0.5) is 0 Å². The molecule has 0 saturated carbocycles. The molecule has 1 nitrogen and oxygen atoms in total. The topological polar surface area (TPSA) is 12.0 Å². The van der Waals surface area contributed by atoms with E-state index in [0.717, 1.165) is 6.54 Å². The van der Waals surface area contributed by atoms with E-state index in [9.17, 15) is 0 Å². The van der Waals surface area contributed by atoms with Gasteiger partial charge in [0.05, 0.1) is 0 Å². The molecule has 0 atom stereocenters. The monoisotopic (exact) mass is 219 g/mol. The molecule has 0 amide bonds. The van der Waals surface area contributed by atoms with Crippen molar-refractivity contribution in [2.24, 2.45) is 0 Å². The minimum Gasteiger partial charge on any atom is -0.320 e. The van der Waals surface area contributed by atoms with Gasteiger partial charge in [-0.3, -0.25) is 0 Å². The van der Waals surface area contributed by atoms with Crippen LogP contribution in [0.1, 0.15) is 17.5 Å². The molecule has 0 fully saturated rings. The first-order chi connectivity index (χ1) is 7.31. The molecule has 0 spiro atoms. The van der Waals surface area contributed by atoms with Crippen molar-refractivity contribution in [2.75, 3.05) is 13.6 Å². The highest BCUT2D eigenvalue weighted by molar-refractivity contribution is 7.17. The van der Waals surface area contributed by atoms with Gasteiger partial charge in [0, 0.05) is 4.70 Å². The number of nitrogens with one attached hydrogen (secondary N) is 1. The number of aryl methyl sites for hydroxylation is 2. The van der Waals surface area contributed by atoms with Gasteiger partial charge >= 0.3 is 0 Å². The van der Waals surface area contributed by atoms with Crippen LogP contribution in [-0.4, -0.2) is 13.6 Å². The molecular weight excluding hydrogens is 202 g/mol. The van der Waals surface area contributed by atoms with Gasteiger partial charge < -0.3 is 5.32 Å². The Bertz CT molecular complexity index is 445. The molecule has 2 aromatic rings. The fourth-order valence-electron chi connectivity index (χ4n) is 1.84. The van der Waals surface area contributed by atoms with Crippen molar-refractivity contribution >= 4 is 21.4 Å². The van der Waals surface area contributed by atoms with Crippen molar-refractivity contribution in [3.8, 4) is 0 Å². The maximum Gasteiger partial charge on any atom is 0.0345 e. The average molecular weight is 219 g/mol. The van der Waals surface area contributed by atoms with Gasteiger partial charge in [-0.15, -0.1) is 11.3 Å². The molecule has 1 aromatic carbocycles. The molecule has 1 heterocycles. The van der Waals surface area contributed by atoms with Crippen molar-refractivity contribution in [1.82, 2.24) is 5.32 Å². The first-order valence-corrected chi connectivity index (χ1v) is 6.30. The molecular formula is C13H17NS. The van der Waals surface area contributed by atoms with Crippen molar-refractivity contribution in [3.05, 3.63) is 34.7 Å². The number of rotatable bonds is 4. The summed E-state index contributed by atoms with van der Waals surface area (Å²) >= 11 is 1.86. The summed E-state index contributed by atoms with van der Waals surface area (Å²) in [6, 6.07) is 6.73. The molecule has 2 heteroatoms. The first kappa shape index (κ1) is 10.7. The van der Waals surface area contributed by atoms with Crippen molar-refractivity contribution in [3.63, 3.8) is 0 Å². The summed E-state index contributed by atoms with van der Waals surface area (Å²) < 4.78 is 1.42. The molecule has 0 unspecified atom stereocenters. The zero-order valence-corrected chi connectivity index (χ0v) is 10.2. The Kier molecular flexibility index (Phi) is 3.39. The predicted octanol–water partition coefficient (Wildman–Crippen LogP) is 3.36. The third-order valence-electron chi connectivity index (χ3n) is 2.68. The van der Waals surface area contributed by atoms with Crippen LogP contribution >= 0.6 is 11.3 Å². The van der Waals surface area contributed by atoms with E-state index < -0.39 is 0 Å². The van der Waals surface area contributed by atoms with E-state index in [4.69, 9.17) is 0 Å². The van der Waals surface area contributed by atoms with Crippen LogP contribution in [-0.2, 0) is 6.42 Å². The highest BCUT2D eigenvalue weighted by Crippen LogP contribution is 2.27. The first-order valence-electron chi connectivity index (χ1n) is 5.42. The fourth-order valence-corrected chi connectivity index (χ4v) is 2.82. The van der Waals surface area contributed by atoms with Crippen LogP contribution in [0.25, 0.3) is 10.1 Å². The Balaban J connectivity index is 2.23. The minimum atomic E-state index is 1.10. The van der Waals surface area contributed by atoms with Gasteiger partial charge in [0.25, 0.3) is 0 Å². The largest absolute Gasteiger partial charge is 0.320 e. The van der Waals surface area contributed by atoms with E-state index in [-0.39, 0.29) is 0 Å². The smallest absolute Gasteiger partial charge is 0.0345 e. The molecule has 1 N–H and O–H groups in total. The molecule has 0 aliphatic carbocycles. The Hall–Kier alpha value is -0.860. The van der Waals surface area contributed by atoms with Crippen LogP contribution in [0.5, 0.6) is 0 Å². The summed E-state index contributed by atoms with van der Waals surface area (Å²) in [6.07, 6.45) is 2.40. The summed E-state index contributed by atoms with van der Waals surface area (Å²) in [5.74, 6) is 0. The second kappa shape index (κ2) is 4.77. The van der Waals surface area contributed by atoms with Gasteiger partial charge in [-0.25, -0.2) is 0 Å². The molecule has 1 aromatic heterocycles. The van der Waals surface area contributed by atoms with Crippen LogP contribution < -0.4 is 5.32 Å². The average Bonchev–Trinajstić information content (AvgIpc) is 2.62. The molecule has 0 aliphatic rings. The highest BCUT2D eigenvalue weighted by atomic mass is 32.1. The standard InChI is InChI=1S/C13H17NS/c1-10-5-6-13-12(8-10)11(9-15-13)4-3-7-14-2/h5-6,8-9,14H,3-4,7H2,1-2H3. The normalized spacial score (nSPS) is 11.1. The van der Waals surface area contributed by atoms with Gasteiger partial charge in [-0.2, -0.15) is 0 Å². The Morgan fingerprint density at radius 2 is 2.20 bits per heavy atom. The third-order valence-corrected chi connectivity index (χ3v) is 3.69. The zero-order chi connectivity index (χ0) is 10.7. The molecule has 0 radical (unpaired) electrons. The van der Waals surface area contributed by atoms with Gasteiger partial charge in [-0.1, -0.05) is 17.7 Å². The fraction of sp³-hybridized carbons (Fsp3) is 0.385. The van der Waals surface area contributed by atoms with E-state index in [0.29, 0.717) is 0 Å². The number of hydrogen-bond donors (Lipinski definition) is 1. The van der Waals surface area contributed by atoms with E-state index in [2.05, 4.69) is 35.8 Å². The Morgan fingerprint density at radius 3 is 3.00 bits per heavy atom. The lowest BCUT2D eigenvalue weighted by Gasteiger charge is -2.00. The van der Waals surface area contributed by atoms with Crippen molar-refractivity contribution in [2.45, 2.75) is 19.8 Å². The molecule has 0 saturated heterocycles. The summed E-state index contributed by atoms with van der Waals surface area (Å²) in [5, 5.41) is 6.95. The van der Waals surface area contributed by atoms with Gasteiger partial charge in [0.2, 0.25) is 0 Å². The lowest BCUT2D eigenvalue weighted by molar-refractivity contribution is 0.727. The summed E-state index contributed by atoms with van der Waals surface area (Å²) in [4.78, 5) is 0. The zero-order valence-electron chi connectivity index (χ0n) is 9.34. The number of hydrogen-bond acceptors (Lipinski definition) is 2. The van der Waals surface area contributed by atoms with E-state index in [1.54, 1.807) is 0 Å². The molecule has 0 aliphatic heterocycles. The molecule has 15 heavy (non-hydrogen) atoms. The van der Waals surface area contributed by atoms with E-state index in [1.165, 1.54) is 34.1 Å². The van der Waals surface area contributed by atoms with Crippen LogP contribution in [0.15, 0.2) is 23.6 Å². The molecule has 0 bridgehead atoms. The maximum absolute atomic E-state index is 3.19. The van der Waals surface area contributed by atoms with Crippen LogP contribution in [0, 0.1) is 6.92 Å². The van der Waals surface area contributed by atoms with E-state index in [1.807, 2.05) is 18.4 Å². The second-order valence-corrected chi connectivity index (χ2v) is 4.88. The lowest BCUT2D eigenvalue weighted by atomic mass is 10.1. The lowest BCUT2D eigenvalue weighted by Crippen LogP contribution is -2.08. The quantitative estimate of drug-likeness (QED) is 0.777. The number of fused-ring (bicyclic) bond motifs is 1. The molecule has 80 valence electrons. The van der Waals surface area contributed by atoms with E-state index >= 15 is 0 Å². The van der Waals surface area contributed by atoms with Crippen LogP contribution in [0.2, 0.25) is 0 Å².